The van der Waals surface area contributed by atoms with Crippen molar-refractivity contribution < 1.29 is 18.3 Å². The highest BCUT2D eigenvalue weighted by Crippen LogP contribution is 2.27. The molecule has 0 saturated heterocycles. The van der Waals surface area contributed by atoms with E-state index < -0.39 is 12.5 Å². The second-order valence-corrected chi connectivity index (χ2v) is 7.30. The first-order chi connectivity index (χ1) is 14.0. The molecule has 4 aromatic rings. The molecule has 146 valence electrons. The highest BCUT2D eigenvalue weighted by molar-refractivity contribution is 7.14. The fourth-order valence-electron chi connectivity index (χ4n) is 2.73. The van der Waals surface area contributed by atoms with Crippen molar-refractivity contribution in [2.45, 2.75) is 13.5 Å². The third kappa shape index (κ3) is 4.35. The lowest BCUT2D eigenvalue weighted by Gasteiger charge is -2.08. The fraction of sp³-hybridized carbons (Fsp3) is 0.100. The summed E-state index contributed by atoms with van der Waals surface area (Å²) in [7, 11) is 0. The van der Waals surface area contributed by atoms with Crippen LogP contribution in [0.3, 0.4) is 0 Å². The van der Waals surface area contributed by atoms with Crippen molar-refractivity contribution in [2.75, 3.05) is 5.32 Å². The van der Waals surface area contributed by atoms with E-state index >= 15 is 0 Å². The number of pyridine rings is 1. The Hall–Kier alpha value is -3.46. The van der Waals surface area contributed by atoms with Crippen molar-refractivity contribution in [2.24, 2.45) is 0 Å². The Morgan fingerprint density at radius 1 is 1.07 bits per heavy atom. The number of nitrogens with one attached hydrogen (secondary N) is 1. The largest absolute Gasteiger partial charge is 0.435 e. The first-order valence-corrected chi connectivity index (χ1v) is 9.36. The molecule has 0 fully saturated rings. The van der Waals surface area contributed by atoms with Crippen LogP contribution in [0.5, 0.6) is 5.75 Å². The molecule has 0 aliphatic heterocycles. The number of carbonyl (C=O) groups excluding carboxylic acids is 1. The van der Waals surface area contributed by atoms with Crippen LogP contribution in [-0.2, 0) is 0 Å². The summed E-state index contributed by atoms with van der Waals surface area (Å²) >= 11 is 1.50. The van der Waals surface area contributed by atoms with Gasteiger partial charge in [-0.25, -0.2) is 4.98 Å². The highest BCUT2D eigenvalue weighted by Gasteiger charge is 2.10. The quantitative estimate of drug-likeness (QED) is 0.504. The Kier molecular flexibility index (Phi) is 5.13. The molecule has 29 heavy (non-hydrogen) atoms. The topological polar surface area (TPSA) is 77.0 Å². The number of hydrogen-bond donors (Lipinski definition) is 1. The zero-order valence-electron chi connectivity index (χ0n) is 15.1. The summed E-state index contributed by atoms with van der Waals surface area (Å²) in [6, 6.07) is 13.0. The molecular weight excluding hydrogens is 398 g/mol. The van der Waals surface area contributed by atoms with Gasteiger partial charge in [-0.3, -0.25) is 4.79 Å². The number of rotatable bonds is 5. The number of anilines is 1. The van der Waals surface area contributed by atoms with E-state index in [4.69, 9.17) is 0 Å². The molecule has 0 atom stereocenters. The molecule has 0 aliphatic rings. The zero-order valence-corrected chi connectivity index (χ0v) is 15.9. The molecule has 9 heteroatoms. The van der Waals surface area contributed by atoms with Crippen molar-refractivity contribution in [1.82, 2.24) is 15.2 Å². The Labute approximate surface area is 168 Å². The van der Waals surface area contributed by atoms with Crippen LogP contribution >= 0.6 is 11.3 Å². The maximum atomic E-state index is 12.4. The SMILES string of the molecule is Cc1nnc(-c2ccc3cnc(NC(=O)c4ccc(OC(F)F)cc4)cc3c2)s1. The smallest absolute Gasteiger partial charge is 0.387 e. The predicted molar refractivity (Wildman–Crippen MR) is 106 cm³/mol. The summed E-state index contributed by atoms with van der Waals surface area (Å²) in [5.74, 6) is -0.0443. The molecule has 0 saturated carbocycles. The van der Waals surface area contributed by atoms with Gasteiger partial charge in [-0.2, -0.15) is 8.78 Å². The number of ether oxygens (including phenoxy) is 1. The molecule has 0 aliphatic carbocycles. The molecule has 1 N–H and O–H groups in total. The normalized spacial score (nSPS) is 11.0. The number of amides is 1. The van der Waals surface area contributed by atoms with E-state index in [1.165, 1.54) is 35.6 Å². The third-order valence-electron chi connectivity index (χ3n) is 4.08. The van der Waals surface area contributed by atoms with Crippen LogP contribution < -0.4 is 10.1 Å². The van der Waals surface area contributed by atoms with E-state index in [0.29, 0.717) is 11.4 Å². The molecule has 1 amide bonds. The molecule has 0 unspecified atom stereocenters. The van der Waals surface area contributed by atoms with Gasteiger partial charge in [-0.05, 0) is 48.7 Å². The number of aryl methyl sites for hydroxylation is 1. The van der Waals surface area contributed by atoms with Crippen molar-refractivity contribution in [3.63, 3.8) is 0 Å². The van der Waals surface area contributed by atoms with E-state index in [2.05, 4.69) is 25.2 Å². The van der Waals surface area contributed by atoms with Crippen LogP contribution in [0.2, 0.25) is 0 Å². The minimum atomic E-state index is -2.91. The third-order valence-corrected chi connectivity index (χ3v) is 4.97. The Balaban J connectivity index is 1.55. The highest BCUT2D eigenvalue weighted by atomic mass is 32.1. The van der Waals surface area contributed by atoms with Gasteiger partial charge in [0.1, 0.15) is 21.6 Å². The lowest BCUT2D eigenvalue weighted by atomic mass is 10.1. The molecule has 0 spiro atoms. The summed E-state index contributed by atoms with van der Waals surface area (Å²) < 4.78 is 28.7. The van der Waals surface area contributed by atoms with Gasteiger partial charge in [-0.1, -0.05) is 23.5 Å². The van der Waals surface area contributed by atoms with E-state index in [1.807, 2.05) is 25.1 Å². The molecule has 2 aromatic heterocycles. The van der Waals surface area contributed by atoms with Gasteiger partial charge in [0.15, 0.2) is 0 Å². The summed E-state index contributed by atoms with van der Waals surface area (Å²) in [6.07, 6.45) is 1.67. The van der Waals surface area contributed by atoms with E-state index in [9.17, 15) is 13.6 Å². The molecule has 4 rings (SSSR count). The van der Waals surface area contributed by atoms with Crippen LogP contribution in [0.1, 0.15) is 15.4 Å². The molecule has 2 aromatic carbocycles. The first kappa shape index (κ1) is 18.9. The summed E-state index contributed by atoms with van der Waals surface area (Å²) in [5, 5.41) is 14.4. The van der Waals surface area contributed by atoms with Crippen molar-refractivity contribution >= 4 is 33.8 Å². The van der Waals surface area contributed by atoms with Gasteiger partial charge in [0.25, 0.3) is 5.91 Å². The van der Waals surface area contributed by atoms with Gasteiger partial charge in [0, 0.05) is 22.7 Å². The molecular formula is C20H14F2N4O2S. The van der Waals surface area contributed by atoms with Gasteiger partial charge in [-0.15, -0.1) is 10.2 Å². The van der Waals surface area contributed by atoms with E-state index in [1.54, 1.807) is 12.3 Å². The lowest BCUT2D eigenvalue weighted by molar-refractivity contribution is -0.0498. The second kappa shape index (κ2) is 7.88. The Morgan fingerprint density at radius 3 is 2.55 bits per heavy atom. The average Bonchev–Trinajstić information content (AvgIpc) is 3.14. The summed E-state index contributed by atoms with van der Waals surface area (Å²) in [4.78, 5) is 16.7. The number of carbonyl (C=O) groups is 1. The fourth-order valence-corrected chi connectivity index (χ4v) is 3.42. The number of benzene rings is 2. The number of halogens is 2. The maximum absolute atomic E-state index is 12.4. The lowest BCUT2D eigenvalue weighted by Crippen LogP contribution is -2.13. The van der Waals surface area contributed by atoms with E-state index in [-0.39, 0.29) is 5.75 Å². The average molecular weight is 412 g/mol. The molecule has 0 bridgehead atoms. The summed E-state index contributed by atoms with van der Waals surface area (Å²) in [6.45, 7) is -1.02. The van der Waals surface area contributed by atoms with Crippen LogP contribution in [0.25, 0.3) is 21.3 Å². The number of hydrogen-bond acceptors (Lipinski definition) is 6. The van der Waals surface area contributed by atoms with Crippen molar-refractivity contribution in [1.29, 1.82) is 0 Å². The first-order valence-electron chi connectivity index (χ1n) is 8.54. The molecule has 0 radical (unpaired) electrons. The molecule has 2 heterocycles. The van der Waals surface area contributed by atoms with Crippen molar-refractivity contribution in [3.8, 4) is 16.3 Å². The van der Waals surface area contributed by atoms with Gasteiger partial charge < -0.3 is 10.1 Å². The monoisotopic (exact) mass is 412 g/mol. The maximum Gasteiger partial charge on any atom is 0.387 e. The van der Waals surface area contributed by atoms with Gasteiger partial charge in [0.05, 0.1) is 0 Å². The second-order valence-electron chi connectivity index (χ2n) is 6.11. The number of aromatic nitrogens is 3. The minimum Gasteiger partial charge on any atom is -0.435 e. The standard InChI is InChI=1S/C20H14F2N4O2S/c1-11-25-26-19(29-11)13-2-3-14-10-23-17(9-15(14)8-13)24-18(27)12-4-6-16(7-5-12)28-20(21)22/h2-10,20H,1H3,(H,23,24,27). The van der Waals surface area contributed by atoms with E-state index in [0.717, 1.165) is 26.4 Å². The predicted octanol–water partition coefficient (Wildman–Crippen LogP) is 4.92. The van der Waals surface area contributed by atoms with Gasteiger partial charge >= 0.3 is 6.61 Å². The number of fused-ring (bicyclic) bond motifs is 1. The van der Waals surface area contributed by atoms with Crippen LogP contribution in [0.4, 0.5) is 14.6 Å². The molecule has 6 nitrogen and oxygen atoms in total. The number of alkyl halides is 2. The van der Waals surface area contributed by atoms with Crippen molar-refractivity contribution in [3.05, 3.63) is 65.3 Å². The Morgan fingerprint density at radius 2 is 1.86 bits per heavy atom. The zero-order chi connectivity index (χ0) is 20.4. The summed E-state index contributed by atoms with van der Waals surface area (Å²) in [5.41, 5.74) is 1.23. The van der Waals surface area contributed by atoms with Crippen LogP contribution in [0.15, 0.2) is 54.7 Å². The number of nitrogens with zero attached hydrogens (tertiary/aromatic N) is 3. The van der Waals surface area contributed by atoms with Crippen LogP contribution in [0, 0.1) is 6.92 Å². The Bertz CT molecular complexity index is 1180. The van der Waals surface area contributed by atoms with Gasteiger partial charge in [0.2, 0.25) is 0 Å². The van der Waals surface area contributed by atoms with Crippen LogP contribution in [-0.4, -0.2) is 27.7 Å². The minimum absolute atomic E-state index is 0.0141.